The van der Waals surface area contributed by atoms with Crippen LogP contribution in [0.1, 0.15) is 17.3 Å². The summed E-state index contributed by atoms with van der Waals surface area (Å²) in [4.78, 5) is 11.1. The van der Waals surface area contributed by atoms with E-state index < -0.39 is 5.82 Å². The maximum Gasteiger partial charge on any atom is 0.163 e. The van der Waals surface area contributed by atoms with Gasteiger partial charge in [-0.15, -0.1) is 0 Å². The number of halogens is 2. The largest absolute Gasteiger partial charge is 0.496 e. The van der Waals surface area contributed by atoms with Crippen molar-refractivity contribution < 1.29 is 13.9 Å². The first-order chi connectivity index (χ1) is 6.07. The number of benzene rings is 1. The number of methoxy groups -OCH3 is 1. The third kappa shape index (κ3) is 1.99. The van der Waals surface area contributed by atoms with E-state index in [1.54, 1.807) is 0 Å². The first kappa shape index (κ1) is 10.4. The molecule has 0 fully saturated rings. The lowest BCUT2D eigenvalue weighted by Gasteiger charge is -2.07. The van der Waals surface area contributed by atoms with E-state index in [0.717, 1.165) is 0 Å². The minimum atomic E-state index is -0.502. The highest BCUT2D eigenvalue weighted by Crippen LogP contribution is 2.26. The van der Waals surface area contributed by atoms with Gasteiger partial charge in [-0.2, -0.15) is 0 Å². The van der Waals surface area contributed by atoms with E-state index >= 15 is 0 Å². The molecule has 0 saturated heterocycles. The molecule has 0 aromatic heterocycles. The standard InChI is InChI=1S/C9H8FIO2/c1-5(12)8-6(10)3-4-7(13-2)9(8)11/h3-4H,1-2H3. The molecule has 1 aromatic carbocycles. The molecule has 0 bridgehead atoms. The van der Waals surface area contributed by atoms with Crippen molar-refractivity contribution in [1.82, 2.24) is 0 Å². The van der Waals surface area contributed by atoms with E-state index in [1.807, 2.05) is 22.6 Å². The molecule has 13 heavy (non-hydrogen) atoms. The van der Waals surface area contributed by atoms with Crippen molar-refractivity contribution in [1.29, 1.82) is 0 Å². The third-order valence-corrected chi connectivity index (χ3v) is 2.70. The Morgan fingerprint density at radius 2 is 2.15 bits per heavy atom. The molecule has 0 amide bonds. The molecule has 0 aliphatic rings. The molecule has 0 radical (unpaired) electrons. The second-order valence-corrected chi connectivity index (χ2v) is 3.57. The lowest BCUT2D eigenvalue weighted by Crippen LogP contribution is -2.02. The Hall–Kier alpha value is -0.650. The number of rotatable bonds is 2. The molecule has 0 aliphatic heterocycles. The van der Waals surface area contributed by atoms with Crippen LogP contribution < -0.4 is 4.74 Å². The average molecular weight is 294 g/mol. The molecule has 0 saturated carbocycles. The highest BCUT2D eigenvalue weighted by Gasteiger charge is 2.15. The van der Waals surface area contributed by atoms with Gasteiger partial charge in [0, 0.05) is 0 Å². The number of carbonyl (C=O) groups excluding carboxylic acids is 1. The molecule has 0 N–H and O–H groups in total. The number of ether oxygens (including phenoxy) is 1. The van der Waals surface area contributed by atoms with Gasteiger partial charge in [-0.1, -0.05) is 0 Å². The summed E-state index contributed by atoms with van der Waals surface area (Å²) >= 11 is 1.90. The van der Waals surface area contributed by atoms with Crippen molar-refractivity contribution >= 4 is 28.4 Å². The molecule has 0 spiro atoms. The van der Waals surface area contributed by atoms with Crippen LogP contribution in [0, 0.1) is 9.39 Å². The summed E-state index contributed by atoms with van der Waals surface area (Å²) in [5.74, 6) is -0.272. The van der Waals surface area contributed by atoms with Crippen molar-refractivity contribution in [3.05, 3.63) is 27.1 Å². The van der Waals surface area contributed by atoms with Crippen LogP contribution in [-0.2, 0) is 0 Å². The third-order valence-electron chi connectivity index (χ3n) is 1.63. The Bertz CT molecular complexity index is 350. The normalized spacial score (nSPS) is 9.85. The zero-order valence-corrected chi connectivity index (χ0v) is 9.38. The smallest absolute Gasteiger partial charge is 0.163 e. The highest BCUT2D eigenvalue weighted by atomic mass is 127. The van der Waals surface area contributed by atoms with Gasteiger partial charge in [0.25, 0.3) is 0 Å². The maximum atomic E-state index is 13.1. The topological polar surface area (TPSA) is 26.3 Å². The van der Waals surface area contributed by atoms with E-state index in [9.17, 15) is 9.18 Å². The summed E-state index contributed by atoms with van der Waals surface area (Å²) in [6.45, 7) is 1.33. The fraction of sp³-hybridized carbons (Fsp3) is 0.222. The summed E-state index contributed by atoms with van der Waals surface area (Å²) in [7, 11) is 1.49. The van der Waals surface area contributed by atoms with Crippen LogP contribution in [0.25, 0.3) is 0 Å². The number of hydrogen-bond donors (Lipinski definition) is 0. The molecule has 2 nitrogen and oxygen atoms in total. The zero-order valence-electron chi connectivity index (χ0n) is 7.23. The Morgan fingerprint density at radius 1 is 1.54 bits per heavy atom. The number of Topliss-reactive ketones (excluding diaryl/α,β-unsaturated/α-hetero) is 1. The fourth-order valence-corrected chi connectivity index (χ4v) is 2.05. The second kappa shape index (κ2) is 4.04. The molecule has 1 rings (SSSR count). The lowest BCUT2D eigenvalue weighted by molar-refractivity contribution is 0.101. The number of hydrogen-bond acceptors (Lipinski definition) is 2. The van der Waals surface area contributed by atoms with Crippen LogP contribution in [-0.4, -0.2) is 12.9 Å². The van der Waals surface area contributed by atoms with E-state index in [4.69, 9.17) is 4.74 Å². The van der Waals surface area contributed by atoms with Gasteiger partial charge >= 0.3 is 0 Å². The fourth-order valence-electron chi connectivity index (χ4n) is 1.01. The molecule has 70 valence electrons. The predicted molar refractivity (Wildman–Crippen MR) is 55.7 cm³/mol. The van der Waals surface area contributed by atoms with Crippen molar-refractivity contribution in [2.75, 3.05) is 7.11 Å². The van der Waals surface area contributed by atoms with Gasteiger partial charge in [-0.3, -0.25) is 4.79 Å². The zero-order chi connectivity index (χ0) is 10.0. The quantitative estimate of drug-likeness (QED) is 0.619. The Balaban J connectivity index is 3.38. The van der Waals surface area contributed by atoms with Gasteiger partial charge in [-0.05, 0) is 41.6 Å². The van der Waals surface area contributed by atoms with Crippen molar-refractivity contribution in [2.45, 2.75) is 6.92 Å². The Labute approximate surface area is 89.2 Å². The summed E-state index contributed by atoms with van der Waals surface area (Å²) in [5, 5.41) is 0. The van der Waals surface area contributed by atoms with Crippen molar-refractivity contribution in [3.63, 3.8) is 0 Å². The number of ketones is 1. The molecular formula is C9H8FIO2. The minimum absolute atomic E-state index is 0.0972. The maximum absolute atomic E-state index is 13.1. The van der Waals surface area contributed by atoms with Gasteiger partial charge in [0.15, 0.2) is 5.78 Å². The van der Waals surface area contributed by atoms with Crippen molar-refractivity contribution in [2.24, 2.45) is 0 Å². The van der Waals surface area contributed by atoms with Crippen LogP contribution in [0.15, 0.2) is 12.1 Å². The van der Waals surface area contributed by atoms with Crippen LogP contribution in [0.2, 0.25) is 0 Å². The average Bonchev–Trinajstić information content (AvgIpc) is 2.04. The van der Waals surface area contributed by atoms with Crippen LogP contribution in [0.3, 0.4) is 0 Å². The summed E-state index contributed by atoms with van der Waals surface area (Å²) < 4.78 is 18.6. The van der Waals surface area contributed by atoms with Crippen molar-refractivity contribution in [3.8, 4) is 5.75 Å². The summed E-state index contributed by atoms with van der Waals surface area (Å²) in [6.07, 6.45) is 0. The van der Waals surface area contributed by atoms with Gasteiger partial charge in [0.1, 0.15) is 11.6 Å². The summed E-state index contributed by atoms with van der Waals surface area (Å²) in [5.41, 5.74) is 0.0972. The Morgan fingerprint density at radius 3 is 2.62 bits per heavy atom. The SMILES string of the molecule is COc1ccc(F)c(C(C)=O)c1I. The van der Waals surface area contributed by atoms with Crippen LogP contribution in [0.4, 0.5) is 4.39 Å². The van der Waals surface area contributed by atoms with E-state index in [0.29, 0.717) is 9.32 Å². The predicted octanol–water partition coefficient (Wildman–Crippen LogP) is 2.64. The first-order valence-corrected chi connectivity index (χ1v) is 4.68. The van der Waals surface area contributed by atoms with E-state index in [1.165, 1.54) is 26.2 Å². The number of carbonyl (C=O) groups is 1. The van der Waals surface area contributed by atoms with Crippen LogP contribution in [0.5, 0.6) is 5.75 Å². The molecule has 0 unspecified atom stereocenters. The van der Waals surface area contributed by atoms with E-state index in [2.05, 4.69) is 0 Å². The monoisotopic (exact) mass is 294 g/mol. The van der Waals surface area contributed by atoms with Crippen LogP contribution >= 0.6 is 22.6 Å². The van der Waals surface area contributed by atoms with Gasteiger partial charge in [0.05, 0.1) is 16.2 Å². The summed E-state index contributed by atoms with van der Waals surface area (Å²) in [6, 6.07) is 2.74. The van der Waals surface area contributed by atoms with Gasteiger partial charge in [0.2, 0.25) is 0 Å². The molecule has 0 aliphatic carbocycles. The van der Waals surface area contributed by atoms with Gasteiger partial charge in [-0.25, -0.2) is 4.39 Å². The Kier molecular flexibility index (Phi) is 3.24. The molecule has 4 heteroatoms. The molecule has 0 atom stereocenters. The molecule has 1 aromatic rings. The minimum Gasteiger partial charge on any atom is -0.496 e. The second-order valence-electron chi connectivity index (χ2n) is 2.49. The molecule has 0 heterocycles. The molecular weight excluding hydrogens is 286 g/mol. The highest BCUT2D eigenvalue weighted by molar-refractivity contribution is 14.1. The first-order valence-electron chi connectivity index (χ1n) is 3.61. The van der Waals surface area contributed by atoms with E-state index in [-0.39, 0.29) is 11.3 Å². The van der Waals surface area contributed by atoms with Gasteiger partial charge < -0.3 is 4.74 Å². The lowest BCUT2D eigenvalue weighted by atomic mass is 10.1.